The summed E-state index contributed by atoms with van der Waals surface area (Å²) in [5.41, 5.74) is 6.42. The van der Waals surface area contributed by atoms with Crippen molar-refractivity contribution in [3.63, 3.8) is 0 Å². The molecule has 0 saturated carbocycles. The molecule has 0 aliphatic heterocycles. The van der Waals surface area contributed by atoms with Gasteiger partial charge in [0.05, 0.1) is 5.71 Å². The van der Waals surface area contributed by atoms with Crippen molar-refractivity contribution < 1.29 is 4.79 Å². The molecule has 0 saturated heterocycles. The summed E-state index contributed by atoms with van der Waals surface area (Å²) in [6, 6.07) is 15.3. The average molecular weight is 374 g/mol. The third-order valence-corrected chi connectivity index (χ3v) is 3.95. The quantitative estimate of drug-likeness (QED) is 0.612. The van der Waals surface area contributed by atoms with Crippen molar-refractivity contribution in [2.24, 2.45) is 5.10 Å². The fourth-order valence-electron chi connectivity index (χ4n) is 1.96. The maximum absolute atomic E-state index is 12.1. The van der Waals surface area contributed by atoms with E-state index in [-0.39, 0.29) is 11.9 Å². The lowest BCUT2D eigenvalue weighted by atomic mass is 10.1. The van der Waals surface area contributed by atoms with Gasteiger partial charge in [-0.1, -0.05) is 45.8 Å². The lowest BCUT2D eigenvalue weighted by molar-refractivity contribution is -0.121. The lowest BCUT2D eigenvalue weighted by Crippen LogP contribution is -2.35. The predicted molar refractivity (Wildman–Crippen MR) is 98.8 cm³/mol. The summed E-state index contributed by atoms with van der Waals surface area (Å²) in [7, 11) is 0. The standard InChI is InChI=1S/C18H20BrN3O/c1-12-4-10-17(11-5-12)20-14(3)18(23)22-21-13(2)15-6-8-16(19)9-7-15/h4-11,14,20H,1-3H3,(H,22,23)/t14-/m1/s1. The van der Waals surface area contributed by atoms with E-state index in [0.29, 0.717) is 0 Å². The van der Waals surface area contributed by atoms with Gasteiger partial charge in [-0.15, -0.1) is 0 Å². The zero-order chi connectivity index (χ0) is 16.8. The summed E-state index contributed by atoms with van der Waals surface area (Å²) >= 11 is 3.39. The number of benzene rings is 2. The van der Waals surface area contributed by atoms with Crippen LogP contribution in [-0.2, 0) is 4.79 Å². The Morgan fingerprint density at radius 1 is 1.09 bits per heavy atom. The maximum atomic E-state index is 12.1. The Hall–Kier alpha value is -2.14. The SMILES string of the molecule is CC(=NNC(=O)[C@@H](C)Nc1ccc(C)cc1)c1ccc(Br)cc1. The van der Waals surface area contributed by atoms with E-state index in [4.69, 9.17) is 0 Å². The average Bonchev–Trinajstić information content (AvgIpc) is 2.55. The summed E-state index contributed by atoms with van der Waals surface area (Å²) in [4.78, 5) is 12.1. The Bertz CT molecular complexity index is 693. The molecule has 2 N–H and O–H groups in total. The molecular formula is C18H20BrN3O. The molecule has 2 rings (SSSR count). The molecule has 0 radical (unpaired) electrons. The number of hydrazone groups is 1. The van der Waals surface area contributed by atoms with Gasteiger partial charge in [0.15, 0.2) is 0 Å². The van der Waals surface area contributed by atoms with E-state index < -0.39 is 0 Å². The third-order valence-electron chi connectivity index (χ3n) is 3.42. The number of rotatable bonds is 5. The molecule has 1 amide bonds. The number of anilines is 1. The summed E-state index contributed by atoms with van der Waals surface area (Å²) in [5, 5.41) is 7.31. The van der Waals surface area contributed by atoms with E-state index in [2.05, 4.69) is 31.8 Å². The van der Waals surface area contributed by atoms with Crippen LogP contribution in [0.1, 0.15) is 25.0 Å². The molecule has 0 aliphatic rings. The van der Waals surface area contributed by atoms with Gasteiger partial charge in [-0.2, -0.15) is 5.10 Å². The number of halogens is 1. The van der Waals surface area contributed by atoms with Crippen molar-refractivity contribution in [2.75, 3.05) is 5.32 Å². The first-order chi connectivity index (χ1) is 11.0. The summed E-state index contributed by atoms with van der Waals surface area (Å²) < 4.78 is 1.01. The molecule has 5 heteroatoms. The van der Waals surface area contributed by atoms with E-state index >= 15 is 0 Å². The van der Waals surface area contributed by atoms with Crippen molar-refractivity contribution >= 4 is 33.2 Å². The summed E-state index contributed by atoms with van der Waals surface area (Å²) in [5.74, 6) is -0.179. The minimum absolute atomic E-state index is 0.179. The van der Waals surface area contributed by atoms with Crippen LogP contribution in [0.3, 0.4) is 0 Å². The molecule has 120 valence electrons. The molecular weight excluding hydrogens is 354 g/mol. The minimum Gasteiger partial charge on any atom is -0.374 e. The molecule has 0 fully saturated rings. The van der Waals surface area contributed by atoms with Crippen LogP contribution < -0.4 is 10.7 Å². The van der Waals surface area contributed by atoms with E-state index in [1.165, 1.54) is 5.56 Å². The fourth-order valence-corrected chi connectivity index (χ4v) is 2.22. The van der Waals surface area contributed by atoms with Crippen LogP contribution in [0, 0.1) is 6.92 Å². The minimum atomic E-state index is -0.376. The van der Waals surface area contributed by atoms with Crippen LogP contribution in [0.5, 0.6) is 0 Å². The number of nitrogens with one attached hydrogen (secondary N) is 2. The largest absolute Gasteiger partial charge is 0.374 e. The highest BCUT2D eigenvalue weighted by molar-refractivity contribution is 9.10. The van der Waals surface area contributed by atoms with E-state index in [9.17, 15) is 4.79 Å². The predicted octanol–water partition coefficient (Wildman–Crippen LogP) is 4.10. The number of hydrogen-bond donors (Lipinski definition) is 2. The number of aryl methyl sites for hydroxylation is 1. The molecule has 0 bridgehead atoms. The van der Waals surface area contributed by atoms with Crippen molar-refractivity contribution in [3.05, 3.63) is 64.1 Å². The van der Waals surface area contributed by atoms with Gasteiger partial charge in [-0.05, 0) is 50.6 Å². The third kappa shape index (κ3) is 5.21. The van der Waals surface area contributed by atoms with Gasteiger partial charge < -0.3 is 5.32 Å². The van der Waals surface area contributed by atoms with Gasteiger partial charge in [0, 0.05) is 10.2 Å². The second kappa shape index (κ2) is 7.92. The number of amides is 1. The Morgan fingerprint density at radius 3 is 2.30 bits per heavy atom. The first-order valence-electron chi connectivity index (χ1n) is 7.39. The Labute approximate surface area is 145 Å². The zero-order valence-electron chi connectivity index (χ0n) is 13.4. The molecule has 0 spiro atoms. The van der Waals surface area contributed by atoms with E-state index in [0.717, 1.165) is 21.4 Å². The van der Waals surface area contributed by atoms with Crippen molar-refractivity contribution in [1.82, 2.24) is 5.43 Å². The normalized spacial score (nSPS) is 12.6. The van der Waals surface area contributed by atoms with Gasteiger partial charge in [0.2, 0.25) is 0 Å². The van der Waals surface area contributed by atoms with Crippen LogP contribution in [-0.4, -0.2) is 17.7 Å². The molecule has 2 aromatic rings. The van der Waals surface area contributed by atoms with Gasteiger partial charge in [0.1, 0.15) is 6.04 Å². The summed E-state index contributed by atoms with van der Waals surface area (Å²) in [6.07, 6.45) is 0. The molecule has 4 nitrogen and oxygen atoms in total. The second-order valence-electron chi connectivity index (χ2n) is 5.41. The second-order valence-corrected chi connectivity index (χ2v) is 6.33. The number of carbonyl (C=O) groups excluding carboxylic acids is 1. The lowest BCUT2D eigenvalue weighted by Gasteiger charge is -2.14. The van der Waals surface area contributed by atoms with Crippen LogP contribution in [0.2, 0.25) is 0 Å². The van der Waals surface area contributed by atoms with Crippen molar-refractivity contribution in [1.29, 1.82) is 0 Å². The molecule has 2 aromatic carbocycles. The number of nitrogens with zero attached hydrogens (tertiary/aromatic N) is 1. The first-order valence-corrected chi connectivity index (χ1v) is 8.18. The highest BCUT2D eigenvalue weighted by Crippen LogP contribution is 2.11. The maximum Gasteiger partial charge on any atom is 0.262 e. The topological polar surface area (TPSA) is 53.5 Å². The van der Waals surface area contributed by atoms with Gasteiger partial charge in [0.25, 0.3) is 5.91 Å². The summed E-state index contributed by atoms with van der Waals surface area (Å²) in [6.45, 7) is 5.70. The van der Waals surface area contributed by atoms with Crippen LogP contribution in [0.4, 0.5) is 5.69 Å². The molecule has 1 atom stereocenters. The Kier molecular flexibility index (Phi) is 5.93. The molecule has 0 unspecified atom stereocenters. The molecule has 0 aliphatic carbocycles. The van der Waals surface area contributed by atoms with Gasteiger partial charge in [-0.25, -0.2) is 5.43 Å². The van der Waals surface area contributed by atoms with Gasteiger partial charge >= 0.3 is 0 Å². The van der Waals surface area contributed by atoms with E-state index in [1.54, 1.807) is 6.92 Å². The van der Waals surface area contributed by atoms with Crippen LogP contribution in [0.25, 0.3) is 0 Å². The van der Waals surface area contributed by atoms with Crippen molar-refractivity contribution in [2.45, 2.75) is 26.8 Å². The van der Waals surface area contributed by atoms with Gasteiger partial charge in [-0.3, -0.25) is 4.79 Å². The monoisotopic (exact) mass is 373 g/mol. The Morgan fingerprint density at radius 2 is 1.70 bits per heavy atom. The molecule has 23 heavy (non-hydrogen) atoms. The first kappa shape index (κ1) is 17.2. The Balaban J connectivity index is 1.93. The molecule has 0 heterocycles. The molecule has 0 aromatic heterocycles. The zero-order valence-corrected chi connectivity index (χ0v) is 15.0. The number of hydrogen-bond acceptors (Lipinski definition) is 3. The highest BCUT2D eigenvalue weighted by Gasteiger charge is 2.12. The van der Waals surface area contributed by atoms with E-state index in [1.807, 2.05) is 62.4 Å². The highest BCUT2D eigenvalue weighted by atomic mass is 79.9. The van der Waals surface area contributed by atoms with Crippen molar-refractivity contribution in [3.8, 4) is 0 Å². The smallest absolute Gasteiger partial charge is 0.262 e. The fraction of sp³-hybridized carbons (Fsp3) is 0.222. The number of carbonyl (C=O) groups is 1. The van der Waals surface area contributed by atoms with Crippen LogP contribution in [0.15, 0.2) is 58.1 Å². The van der Waals surface area contributed by atoms with Crippen LogP contribution >= 0.6 is 15.9 Å².